The summed E-state index contributed by atoms with van der Waals surface area (Å²) in [5.74, 6) is 0.126. The Hall–Kier alpha value is -2.40. The first-order chi connectivity index (χ1) is 16.8. The second-order valence-electron chi connectivity index (χ2n) is 10.1. The van der Waals surface area contributed by atoms with Gasteiger partial charge in [-0.15, -0.1) is 0 Å². The van der Waals surface area contributed by atoms with Gasteiger partial charge in [-0.25, -0.2) is 9.59 Å². The van der Waals surface area contributed by atoms with Crippen LogP contribution in [0.25, 0.3) is 0 Å². The second-order valence-corrected chi connectivity index (χ2v) is 10.1. The Balaban J connectivity index is 1.81. The molecular weight excluding hydrogens is 440 g/mol. The smallest absolute Gasteiger partial charge is 0.335 e. The van der Waals surface area contributed by atoms with Crippen LogP contribution in [0.1, 0.15) is 88.7 Å². The lowest BCUT2D eigenvalue weighted by Crippen LogP contribution is -2.23. The number of unbranched alkanes of at least 4 members (excludes halogenated alkanes) is 2. The summed E-state index contributed by atoms with van der Waals surface area (Å²) in [5.41, 5.74) is 3.28. The SMILES string of the molecule is C=C(C)C(=O)OCC(CCC1CCC(c2ccc(CCCCC)cc2)CC1)COC(=O)C(=C)CO. The number of hydrogen-bond acceptors (Lipinski definition) is 5. The lowest BCUT2D eigenvalue weighted by Gasteiger charge is -2.30. The number of aliphatic hydroxyl groups is 1. The third kappa shape index (κ3) is 10.4. The molecule has 1 atom stereocenters. The summed E-state index contributed by atoms with van der Waals surface area (Å²) >= 11 is 0. The quantitative estimate of drug-likeness (QED) is 0.180. The molecule has 1 aliphatic rings. The molecule has 0 amide bonds. The first-order valence-electron chi connectivity index (χ1n) is 13.2. The summed E-state index contributed by atoms with van der Waals surface area (Å²) in [7, 11) is 0. The van der Waals surface area contributed by atoms with Gasteiger partial charge in [0.05, 0.1) is 25.4 Å². The summed E-state index contributed by atoms with van der Waals surface area (Å²) in [5, 5.41) is 9.06. The fourth-order valence-electron chi connectivity index (χ4n) is 4.68. The van der Waals surface area contributed by atoms with Crippen molar-refractivity contribution in [3.05, 3.63) is 59.7 Å². The summed E-state index contributed by atoms with van der Waals surface area (Å²) < 4.78 is 10.6. The third-order valence-corrected chi connectivity index (χ3v) is 7.08. The lowest BCUT2D eigenvalue weighted by atomic mass is 9.76. The van der Waals surface area contributed by atoms with Crippen molar-refractivity contribution in [3.8, 4) is 0 Å². The number of aryl methyl sites for hydroxylation is 1. The van der Waals surface area contributed by atoms with E-state index in [2.05, 4.69) is 44.3 Å². The first-order valence-corrected chi connectivity index (χ1v) is 13.2. The molecule has 1 unspecified atom stereocenters. The van der Waals surface area contributed by atoms with E-state index in [1.54, 1.807) is 6.92 Å². The summed E-state index contributed by atoms with van der Waals surface area (Å²) in [4.78, 5) is 23.7. The Morgan fingerprint density at radius 3 is 2.20 bits per heavy atom. The average molecular weight is 485 g/mol. The van der Waals surface area contributed by atoms with E-state index in [9.17, 15) is 9.59 Å². The van der Waals surface area contributed by atoms with E-state index < -0.39 is 18.5 Å². The fourth-order valence-corrected chi connectivity index (χ4v) is 4.68. The molecule has 35 heavy (non-hydrogen) atoms. The van der Waals surface area contributed by atoms with Gasteiger partial charge in [0.15, 0.2) is 0 Å². The maximum atomic E-state index is 11.9. The lowest BCUT2D eigenvalue weighted by molar-refractivity contribution is -0.144. The van der Waals surface area contributed by atoms with Crippen molar-refractivity contribution >= 4 is 11.9 Å². The van der Waals surface area contributed by atoms with Crippen LogP contribution < -0.4 is 0 Å². The van der Waals surface area contributed by atoms with Gasteiger partial charge in [-0.2, -0.15) is 0 Å². The van der Waals surface area contributed by atoms with Crippen LogP contribution in [0, 0.1) is 11.8 Å². The molecular formula is C30H44O5. The van der Waals surface area contributed by atoms with Crippen LogP contribution >= 0.6 is 0 Å². The van der Waals surface area contributed by atoms with Crippen molar-refractivity contribution < 1.29 is 24.2 Å². The van der Waals surface area contributed by atoms with E-state index in [1.165, 1.54) is 62.5 Å². The standard InChI is InChI=1S/C30H44O5/c1-5-6-7-8-24-11-15-27(16-12-24)28-17-13-25(14-18-28)9-10-26(20-34-29(32)22(2)3)21-35-30(33)23(4)19-31/h11-12,15-16,25-26,28,31H,2,4-10,13-14,17-21H2,1,3H3. The predicted octanol–water partition coefficient (Wildman–Crippen LogP) is 6.30. The maximum absolute atomic E-state index is 11.9. The molecule has 0 aliphatic heterocycles. The molecule has 2 rings (SSSR count). The summed E-state index contributed by atoms with van der Waals surface area (Å²) in [6, 6.07) is 9.26. The van der Waals surface area contributed by atoms with Crippen molar-refractivity contribution in [3.63, 3.8) is 0 Å². The largest absolute Gasteiger partial charge is 0.462 e. The highest BCUT2D eigenvalue weighted by Crippen LogP contribution is 2.38. The zero-order valence-electron chi connectivity index (χ0n) is 21.7. The van der Waals surface area contributed by atoms with Gasteiger partial charge in [-0.05, 0) is 81.3 Å². The van der Waals surface area contributed by atoms with Gasteiger partial charge in [0.1, 0.15) is 0 Å². The molecule has 5 nitrogen and oxygen atoms in total. The van der Waals surface area contributed by atoms with Crippen molar-refractivity contribution in [1.82, 2.24) is 0 Å². The van der Waals surface area contributed by atoms with Crippen molar-refractivity contribution in [1.29, 1.82) is 0 Å². The average Bonchev–Trinajstić information content (AvgIpc) is 2.88. The number of ether oxygens (including phenoxy) is 2. The number of carbonyl (C=O) groups excluding carboxylic acids is 2. The number of benzene rings is 1. The Morgan fingerprint density at radius 2 is 1.63 bits per heavy atom. The van der Waals surface area contributed by atoms with Crippen LogP contribution in [0.4, 0.5) is 0 Å². The molecule has 0 saturated heterocycles. The van der Waals surface area contributed by atoms with Crippen molar-refractivity contribution in [2.24, 2.45) is 11.8 Å². The molecule has 1 aromatic rings. The van der Waals surface area contributed by atoms with E-state index in [1.807, 2.05) is 0 Å². The normalized spacial score (nSPS) is 18.5. The molecule has 1 aliphatic carbocycles. The number of esters is 2. The monoisotopic (exact) mass is 484 g/mol. The Labute approximate surface area is 211 Å². The second kappa shape index (κ2) is 15.6. The van der Waals surface area contributed by atoms with Gasteiger partial charge in [0, 0.05) is 11.5 Å². The molecule has 1 fully saturated rings. The molecule has 0 bridgehead atoms. The van der Waals surface area contributed by atoms with Crippen molar-refractivity contribution in [2.75, 3.05) is 19.8 Å². The van der Waals surface area contributed by atoms with Gasteiger partial charge >= 0.3 is 11.9 Å². The molecule has 0 heterocycles. The van der Waals surface area contributed by atoms with Gasteiger partial charge in [-0.3, -0.25) is 0 Å². The Kier molecular flexibility index (Phi) is 12.8. The predicted molar refractivity (Wildman–Crippen MR) is 140 cm³/mol. The van der Waals surface area contributed by atoms with Crippen LogP contribution in [0.2, 0.25) is 0 Å². The molecule has 1 saturated carbocycles. The van der Waals surface area contributed by atoms with Gasteiger partial charge in [-0.1, -0.05) is 57.2 Å². The summed E-state index contributed by atoms with van der Waals surface area (Å²) in [6.07, 6.45) is 11.6. The highest BCUT2D eigenvalue weighted by Gasteiger charge is 2.24. The van der Waals surface area contributed by atoms with E-state index in [0.717, 1.165) is 12.8 Å². The zero-order chi connectivity index (χ0) is 25.6. The first kappa shape index (κ1) is 28.8. The van der Waals surface area contributed by atoms with Crippen LogP contribution in [0.5, 0.6) is 0 Å². The van der Waals surface area contributed by atoms with Gasteiger partial charge in [0.25, 0.3) is 0 Å². The van der Waals surface area contributed by atoms with Gasteiger partial charge < -0.3 is 14.6 Å². The molecule has 1 aromatic carbocycles. The van der Waals surface area contributed by atoms with Gasteiger partial charge in [0.2, 0.25) is 0 Å². The number of carbonyl (C=O) groups is 2. The molecule has 0 aromatic heterocycles. The Bertz CT molecular complexity index is 818. The molecule has 5 heteroatoms. The van der Waals surface area contributed by atoms with E-state index in [4.69, 9.17) is 14.6 Å². The zero-order valence-corrected chi connectivity index (χ0v) is 21.7. The maximum Gasteiger partial charge on any atom is 0.335 e. The van der Waals surface area contributed by atoms with E-state index in [0.29, 0.717) is 17.4 Å². The van der Waals surface area contributed by atoms with Crippen LogP contribution in [-0.2, 0) is 25.5 Å². The van der Waals surface area contributed by atoms with Crippen molar-refractivity contribution in [2.45, 2.75) is 84.0 Å². The van der Waals surface area contributed by atoms with Crippen LogP contribution in [0.15, 0.2) is 48.6 Å². The van der Waals surface area contributed by atoms with E-state index in [-0.39, 0.29) is 24.7 Å². The number of hydrogen-bond donors (Lipinski definition) is 1. The third-order valence-electron chi connectivity index (χ3n) is 7.08. The topological polar surface area (TPSA) is 72.8 Å². The highest BCUT2D eigenvalue weighted by atomic mass is 16.5. The molecule has 0 radical (unpaired) electrons. The van der Waals surface area contributed by atoms with Crippen LogP contribution in [0.3, 0.4) is 0 Å². The van der Waals surface area contributed by atoms with E-state index >= 15 is 0 Å². The fraction of sp³-hybridized carbons (Fsp3) is 0.600. The highest BCUT2D eigenvalue weighted by molar-refractivity contribution is 5.88. The minimum absolute atomic E-state index is 0.0231. The molecule has 0 spiro atoms. The number of aliphatic hydroxyl groups excluding tert-OH is 1. The molecule has 1 N–H and O–H groups in total. The minimum atomic E-state index is -0.611. The Morgan fingerprint density at radius 1 is 1.00 bits per heavy atom. The van der Waals surface area contributed by atoms with Crippen LogP contribution in [-0.4, -0.2) is 36.9 Å². The molecule has 194 valence electrons. The minimum Gasteiger partial charge on any atom is -0.462 e. The summed E-state index contributed by atoms with van der Waals surface area (Å²) in [6.45, 7) is 10.9. The number of rotatable bonds is 15.